The molecule has 1 heterocycles. The average Bonchev–Trinajstić information content (AvgIpc) is 2.82. The highest BCUT2D eigenvalue weighted by atomic mass is 32.2. The Kier molecular flexibility index (Phi) is 7.07. The predicted molar refractivity (Wildman–Crippen MR) is 131 cm³/mol. The molecule has 0 fully saturated rings. The van der Waals surface area contributed by atoms with Crippen LogP contribution in [0.4, 0.5) is 5.69 Å². The molecule has 1 atom stereocenters. The molecule has 3 aromatic carbocycles. The summed E-state index contributed by atoms with van der Waals surface area (Å²) in [4.78, 5) is 13.0. The summed E-state index contributed by atoms with van der Waals surface area (Å²) in [6.45, 7) is 4.06. The molecule has 178 valence electrons. The molecular formula is C26H28N2O5S. The largest absolute Gasteiger partial charge is 0.491 e. The molecule has 1 aliphatic rings. The second kappa shape index (κ2) is 10.2. The Morgan fingerprint density at radius 3 is 2.50 bits per heavy atom. The molecule has 0 saturated carbocycles. The van der Waals surface area contributed by atoms with Gasteiger partial charge >= 0.3 is 0 Å². The van der Waals surface area contributed by atoms with Crippen LogP contribution in [0.25, 0.3) is 0 Å². The second-order valence-electron chi connectivity index (χ2n) is 8.38. The Morgan fingerprint density at radius 1 is 1.03 bits per heavy atom. The number of nitrogens with zero attached hydrogens (tertiary/aromatic N) is 1. The van der Waals surface area contributed by atoms with E-state index in [2.05, 4.69) is 5.32 Å². The van der Waals surface area contributed by atoms with Crippen LogP contribution in [0.1, 0.15) is 25.0 Å². The first kappa shape index (κ1) is 23.6. The SMILES string of the molecule is CC(C)Oc1cccc(CNC(=O)C2CN(S(=O)(=O)Cc3ccccc3)c3ccccc3O2)c1. The van der Waals surface area contributed by atoms with Crippen molar-refractivity contribution >= 4 is 21.6 Å². The lowest BCUT2D eigenvalue weighted by atomic mass is 10.2. The minimum Gasteiger partial charge on any atom is -0.491 e. The van der Waals surface area contributed by atoms with E-state index in [1.54, 1.807) is 48.5 Å². The number of carbonyl (C=O) groups is 1. The zero-order chi connectivity index (χ0) is 24.1. The zero-order valence-electron chi connectivity index (χ0n) is 19.2. The van der Waals surface area contributed by atoms with E-state index in [0.29, 0.717) is 17.0 Å². The third-order valence-electron chi connectivity index (χ3n) is 5.29. The fourth-order valence-corrected chi connectivity index (χ4v) is 5.35. The van der Waals surface area contributed by atoms with E-state index in [9.17, 15) is 13.2 Å². The molecule has 0 radical (unpaired) electrons. The van der Waals surface area contributed by atoms with Gasteiger partial charge in [0.1, 0.15) is 11.5 Å². The monoisotopic (exact) mass is 480 g/mol. The van der Waals surface area contributed by atoms with Crippen molar-refractivity contribution in [2.75, 3.05) is 10.8 Å². The van der Waals surface area contributed by atoms with E-state index < -0.39 is 16.1 Å². The number of nitrogens with one attached hydrogen (secondary N) is 1. The lowest BCUT2D eigenvalue weighted by Gasteiger charge is -2.34. The highest BCUT2D eigenvalue weighted by Gasteiger charge is 2.36. The number of anilines is 1. The molecule has 1 N–H and O–H groups in total. The van der Waals surface area contributed by atoms with Crippen LogP contribution in [0, 0.1) is 0 Å². The number of hydrogen-bond donors (Lipinski definition) is 1. The molecule has 0 spiro atoms. The van der Waals surface area contributed by atoms with Gasteiger partial charge in [0.15, 0.2) is 6.10 Å². The maximum Gasteiger partial charge on any atom is 0.263 e. The van der Waals surface area contributed by atoms with Gasteiger partial charge in [-0.3, -0.25) is 9.10 Å². The molecule has 34 heavy (non-hydrogen) atoms. The third-order valence-corrected chi connectivity index (χ3v) is 7.01. The number of benzene rings is 3. The highest BCUT2D eigenvalue weighted by Crippen LogP contribution is 2.35. The molecule has 1 amide bonds. The highest BCUT2D eigenvalue weighted by molar-refractivity contribution is 7.92. The fourth-order valence-electron chi connectivity index (χ4n) is 3.77. The normalized spacial score (nSPS) is 15.4. The lowest BCUT2D eigenvalue weighted by Crippen LogP contribution is -2.50. The van der Waals surface area contributed by atoms with Crippen LogP contribution >= 0.6 is 0 Å². The number of carbonyl (C=O) groups excluding carboxylic acids is 1. The van der Waals surface area contributed by atoms with Crippen molar-refractivity contribution in [1.82, 2.24) is 5.32 Å². The van der Waals surface area contributed by atoms with Gasteiger partial charge in [-0.25, -0.2) is 8.42 Å². The number of sulfonamides is 1. The number of amides is 1. The third kappa shape index (κ3) is 5.69. The van der Waals surface area contributed by atoms with Crippen molar-refractivity contribution in [2.24, 2.45) is 0 Å². The van der Waals surface area contributed by atoms with E-state index in [1.165, 1.54) is 4.31 Å². The fraction of sp³-hybridized carbons (Fsp3) is 0.269. The summed E-state index contributed by atoms with van der Waals surface area (Å²) in [6, 6.07) is 23.3. The van der Waals surface area contributed by atoms with Crippen LogP contribution in [-0.4, -0.2) is 33.1 Å². The van der Waals surface area contributed by atoms with Gasteiger partial charge in [-0.15, -0.1) is 0 Å². The number of fused-ring (bicyclic) bond motifs is 1. The lowest BCUT2D eigenvalue weighted by molar-refractivity contribution is -0.127. The van der Waals surface area contributed by atoms with Crippen LogP contribution < -0.4 is 19.1 Å². The summed E-state index contributed by atoms with van der Waals surface area (Å²) < 4.78 is 39.5. The van der Waals surface area contributed by atoms with E-state index in [0.717, 1.165) is 11.3 Å². The van der Waals surface area contributed by atoms with Crippen molar-refractivity contribution in [3.63, 3.8) is 0 Å². The minimum absolute atomic E-state index is 0.0457. The molecule has 0 bridgehead atoms. The van der Waals surface area contributed by atoms with Crippen LogP contribution in [-0.2, 0) is 27.1 Å². The molecule has 0 aliphatic carbocycles. The van der Waals surface area contributed by atoms with Gasteiger partial charge in [-0.05, 0) is 49.2 Å². The molecule has 1 unspecified atom stereocenters. The quantitative estimate of drug-likeness (QED) is 0.529. The van der Waals surface area contributed by atoms with Crippen molar-refractivity contribution in [3.8, 4) is 11.5 Å². The average molecular weight is 481 g/mol. The molecule has 4 rings (SSSR count). The molecule has 0 saturated heterocycles. The van der Waals surface area contributed by atoms with Gasteiger partial charge in [0.25, 0.3) is 5.91 Å². The van der Waals surface area contributed by atoms with Crippen LogP contribution in [0.5, 0.6) is 11.5 Å². The van der Waals surface area contributed by atoms with Gasteiger partial charge in [-0.2, -0.15) is 0 Å². The van der Waals surface area contributed by atoms with Crippen molar-refractivity contribution < 1.29 is 22.7 Å². The Labute approximate surface area is 200 Å². The van der Waals surface area contributed by atoms with Gasteiger partial charge in [0, 0.05) is 6.54 Å². The molecule has 1 aliphatic heterocycles. The Balaban J connectivity index is 1.49. The van der Waals surface area contributed by atoms with E-state index in [-0.39, 0.29) is 30.9 Å². The smallest absolute Gasteiger partial charge is 0.263 e. The summed E-state index contributed by atoms with van der Waals surface area (Å²) >= 11 is 0. The summed E-state index contributed by atoms with van der Waals surface area (Å²) in [7, 11) is -3.74. The van der Waals surface area contributed by atoms with Crippen LogP contribution in [0.3, 0.4) is 0 Å². The maximum atomic E-state index is 13.3. The van der Waals surface area contributed by atoms with Crippen molar-refractivity contribution in [3.05, 3.63) is 90.0 Å². The van der Waals surface area contributed by atoms with Gasteiger partial charge in [0.05, 0.1) is 24.1 Å². The van der Waals surface area contributed by atoms with Crippen molar-refractivity contribution in [2.45, 2.75) is 38.4 Å². The van der Waals surface area contributed by atoms with E-state index in [1.807, 2.05) is 44.2 Å². The Morgan fingerprint density at radius 2 is 1.74 bits per heavy atom. The molecule has 0 aromatic heterocycles. The van der Waals surface area contributed by atoms with Crippen LogP contribution in [0.15, 0.2) is 78.9 Å². The van der Waals surface area contributed by atoms with Gasteiger partial charge in [0.2, 0.25) is 10.0 Å². The summed E-state index contributed by atoms with van der Waals surface area (Å²) in [5.74, 6) is 0.532. The molecule has 3 aromatic rings. The minimum atomic E-state index is -3.74. The Bertz CT molecular complexity index is 1240. The summed E-state index contributed by atoms with van der Waals surface area (Å²) in [6.07, 6.45) is -0.931. The Hall–Kier alpha value is -3.52. The predicted octanol–water partition coefficient (Wildman–Crippen LogP) is 3.89. The van der Waals surface area contributed by atoms with E-state index in [4.69, 9.17) is 9.47 Å². The standard InChI is InChI=1S/C26H28N2O5S/c1-19(2)32-22-12-8-11-21(15-22)16-27-26(29)25-17-28(23-13-6-7-14-24(23)33-25)34(30,31)18-20-9-4-3-5-10-20/h3-15,19,25H,16-18H2,1-2H3,(H,27,29). The first-order chi connectivity index (χ1) is 16.3. The van der Waals surface area contributed by atoms with Crippen molar-refractivity contribution in [1.29, 1.82) is 0 Å². The molecule has 8 heteroatoms. The summed E-state index contributed by atoms with van der Waals surface area (Å²) in [5.41, 5.74) is 1.98. The maximum absolute atomic E-state index is 13.3. The number of hydrogen-bond acceptors (Lipinski definition) is 5. The second-order valence-corrected chi connectivity index (χ2v) is 10.3. The van der Waals surface area contributed by atoms with Gasteiger partial charge in [-0.1, -0.05) is 54.6 Å². The molecular weight excluding hydrogens is 452 g/mol. The number of para-hydroxylation sites is 2. The first-order valence-electron chi connectivity index (χ1n) is 11.1. The van der Waals surface area contributed by atoms with E-state index >= 15 is 0 Å². The van der Waals surface area contributed by atoms with Crippen LogP contribution in [0.2, 0.25) is 0 Å². The zero-order valence-corrected chi connectivity index (χ0v) is 20.0. The number of ether oxygens (including phenoxy) is 2. The molecule has 7 nitrogen and oxygen atoms in total. The topological polar surface area (TPSA) is 84.9 Å². The first-order valence-corrected chi connectivity index (χ1v) is 12.8. The summed E-state index contributed by atoms with van der Waals surface area (Å²) in [5, 5.41) is 2.86. The van der Waals surface area contributed by atoms with Gasteiger partial charge < -0.3 is 14.8 Å². The number of rotatable bonds is 8.